The number of hydrogen-bond donors (Lipinski definition) is 1. The van der Waals surface area contributed by atoms with Gasteiger partial charge in [-0.05, 0) is 43.0 Å². The molecule has 3 nitrogen and oxygen atoms in total. The molecule has 1 aliphatic rings. The van der Waals surface area contributed by atoms with Crippen LogP contribution in [0.1, 0.15) is 24.0 Å². The Morgan fingerprint density at radius 3 is 2.65 bits per heavy atom. The van der Waals surface area contributed by atoms with Crippen LogP contribution in [0.2, 0.25) is 0 Å². The molecular weight excluding hydrogens is 246 g/mol. The van der Waals surface area contributed by atoms with E-state index in [0.29, 0.717) is 0 Å². The fourth-order valence-electron chi connectivity index (χ4n) is 2.33. The van der Waals surface area contributed by atoms with Crippen LogP contribution in [0.3, 0.4) is 0 Å². The van der Waals surface area contributed by atoms with Crippen molar-refractivity contribution in [2.45, 2.75) is 32.4 Å². The van der Waals surface area contributed by atoms with Crippen LogP contribution in [0.25, 0.3) is 0 Å². The largest absolute Gasteiger partial charge is 0.329 e. The molecule has 0 unspecified atom stereocenters. The Bertz CT molecular complexity index is 573. The minimum Gasteiger partial charge on any atom is -0.329 e. The molecule has 0 amide bonds. The van der Waals surface area contributed by atoms with Crippen LogP contribution in [0.4, 0.5) is 11.5 Å². The highest BCUT2D eigenvalue weighted by Gasteiger charge is 2.19. The topological polar surface area (TPSA) is 28.2 Å². The molecular formula is C17H21N3. The second kappa shape index (κ2) is 5.63. The van der Waals surface area contributed by atoms with Crippen LogP contribution in [0.15, 0.2) is 42.6 Å². The van der Waals surface area contributed by atoms with Crippen LogP contribution in [-0.4, -0.2) is 18.1 Å². The summed E-state index contributed by atoms with van der Waals surface area (Å²) < 4.78 is 0. The standard InChI is InChI=1S/C17H21N3/c1-13-5-3-4-6-16(13)20(2)17-10-7-14(12-19-17)11-18-15-8-9-15/h3-7,10,12,15,18H,8-9,11H2,1-2H3. The molecule has 0 aliphatic heterocycles. The summed E-state index contributed by atoms with van der Waals surface area (Å²) in [4.78, 5) is 6.71. The van der Waals surface area contributed by atoms with Crippen molar-refractivity contribution in [2.75, 3.05) is 11.9 Å². The van der Waals surface area contributed by atoms with E-state index in [-0.39, 0.29) is 0 Å². The Hall–Kier alpha value is -1.87. The highest BCUT2D eigenvalue weighted by Crippen LogP contribution is 2.25. The van der Waals surface area contributed by atoms with Gasteiger partial charge in [-0.1, -0.05) is 24.3 Å². The summed E-state index contributed by atoms with van der Waals surface area (Å²) in [6, 6.07) is 13.4. The molecule has 0 radical (unpaired) electrons. The van der Waals surface area contributed by atoms with Gasteiger partial charge in [0, 0.05) is 31.5 Å². The minimum absolute atomic E-state index is 0.740. The first kappa shape index (κ1) is 13.1. The maximum atomic E-state index is 4.58. The van der Waals surface area contributed by atoms with Gasteiger partial charge in [0.25, 0.3) is 0 Å². The molecule has 0 bridgehead atoms. The molecule has 1 heterocycles. The third-order valence-corrected chi connectivity index (χ3v) is 3.80. The molecule has 20 heavy (non-hydrogen) atoms. The predicted molar refractivity (Wildman–Crippen MR) is 83.3 cm³/mol. The van der Waals surface area contributed by atoms with E-state index in [2.05, 4.69) is 65.6 Å². The Morgan fingerprint density at radius 2 is 2.00 bits per heavy atom. The van der Waals surface area contributed by atoms with E-state index in [4.69, 9.17) is 0 Å². The molecule has 0 spiro atoms. The first-order chi connectivity index (χ1) is 9.74. The van der Waals surface area contributed by atoms with E-state index in [0.717, 1.165) is 18.4 Å². The SMILES string of the molecule is Cc1ccccc1N(C)c1ccc(CNC2CC2)cn1. The molecule has 3 rings (SSSR count). The summed E-state index contributed by atoms with van der Waals surface area (Å²) >= 11 is 0. The van der Waals surface area contributed by atoms with Crippen molar-refractivity contribution in [3.05, 3.63) is 53.7 Å². The van der Waals surface area contributed by atoms with Gasteiger partial charge in [-0.2, -0.15) is 0 Å². The molecule has 1 aromatic carbocycles. The number of hydrogen-bond acceptors (Lipinski definition) is 3. The summed E-state index contributed by atoms with van der Waals surface area (Å²) in [5.74, 6) is 0.981. The van der Waals surface area contributed by atoms with Gasteiger partial charge in [0.2, 0.25) is 0 Å². The fraction of sp³-hybridized carbons (Fsp3) is 0.353. The lowest BCUT2D eigenvalue weighted by Gasteiger charge is -2.20. The fourth-order valence-corrected chi connectivity index (χ4v) is 2.33. The third kappa shape index (κ3) is 2.99. The van der Waals surface area contributed by atoms with Gasteiger partial charge in [-0.15, -0.1) is 0 Å². The van der Waals surface area contributed by atoms with Gasteiger partial charge in [0.05, 0.1) is 0 Å². The van der Waals surface area contributed by atoms with Gasteiger partial charge >= 0.3 is 0 Å². The van der Waals surface area contributed by atoms with Gasteiger partial charge in [-0.25, -0.2) is 4.98 Å². The number of nitrogens with zero attached hydrogens (tertiary/aromatic N) is 2. The Morgan fingerprint density at radius 1 is 1.20 bits per heavy atom. The van der Waals surface area contributed by atoms with Crippen LogP contribution in [0, 0.1) is 6.92 Å². The maximum Gasteiger partial charge on any atom is 0.132 e. The number of aryl methyl sites for hydroxylation is 1. The number of benzene rings is 1. The third-order valence-electron chi connectivity index (χ3n) is 3.80. The predicted octanol–water partition coefficient (Wildman–Crippen LogP) is 3.41. The lowest BCUT2D eigenvalue weighted by atomic mass is 10.2. The Kier molecular flexibility index (Phi) is 3.70. The monoisotopic (exact) mass is 267 g/mol. The molecule has 0 atom stereocenters. The summed E-state index contributed by atoms with van der Waals surface area (Å²) in [7, 11) is 2.06. The molecule has 1 fully saturated rings. The van der Waals surface area contributed by atoms with Crippen molar-refractivity contribution in [1.29, 1.82) is 0 Å². The molecule has 0 saturated heterocycles. The average molecular weight is 267 g/mol. The average Bonchev–Trinajstić information content (AvgIpc) is 3.30. The van der Waals surface area contributed by atoms with Gasteiger partial charge in [-0.3, -0.25) is 0 Å². The summed E-state index contributed by atoms with van der Waals surface area (Å²) in [5.41, 5.74) is 3.71. The van der Waals surface area contributed by atoms with Gasteiger partial charge in [0.15, 0.2) is 0 Å². The number of pyridine rings is 1. The molecule has 104 valence electrons. The van der Waals surface area contributed by atoms with Crippen molar-refractivity contribution in [2.24, 2.45) is 0 Å². The van der Waals surface area contributed by atoms with Crippen LogP contribution >= 0.6 is 0 Å². The van der Waals surface area contributed by atoms with Crippen molar-refractivity contribution in [1.82, 2.24) is 10.3 Å². The molecule has 1 aliphatic carbocycles. The first-order valence-electron chi connectivity index (χ1n) is 7.22. The van der Waals surface area contributed by atoms with Crippen molar-refractivity contribution in [3.8, 4) is 0 Å². The minimum atomic E-state index is 0.740. The molecule has 1 saturated carbocycles. The molecule has 1 N–H and O–H groups in total. The zero-order chi connectivity index (χ0) is 13.9. The second-order valence-electron chi connectivity index (χ2n) is 5.53. The highest BCUT2D eigenvalue weighted by atomic mass is 15.2. The van der Waals surface area contributed by atoms with Gasteiger partial charge < -0.3 is 10.2 Å². The normalized spacial score (nSPS) is 14.3. The summed E-state index contributed by atoms with van der Waals surface area (Å²) in [6.45, 7) is 3.05. The number of rotatable bonds is 5. The molecule has 2 aromatic rings. The lowest BCUT2D eigenvalue weighted by Crippen LogP contribution is -2.16. The van der Waals surface area contributed by atoms with Crippen LogP contribution in [0.5, 0.6) is 0 Å². The zero-order valence-electron chi connectivity index (χ0n) is 12.1. The van der Waals surface area contributed by atoms with Crippen molar-refractivity contribution >= 4 is 11.5 Å². The van der Waals surface area contributed by atoms with Gasteiger partial charge in [0.1, 0.15) is 5.82 Å². The number of anilines is 2. The number of aromatic nitrogens is 1. The van der Waals surface area contributed by atoms with E-state index in [1.807, 2.05) is 6.20 Å². The van der Waals surface area contributed by atoms with E-state index in [1.54, 1.807) is 0 Å². The first-order valence-corrected chi connectivity index (χ1v) is 7.22. The quantitative estimate of drug-likeness (QED) is 0.900. The summed E-state index contributed by atoms with van der Waals surface area (Å²) in [5, 5.41) is 3.51. The summed E-state index contributed by atoms with van der Waals surface area (Å²) in [6.07, 6.45) is 4.61. The highest BCUT2D eigenvalue weighted by molar-refractivity contribution is 5.62. The van der Waals surface area contributed by atoms with E-state index >= 15 is 0 Å². The smallest absolute Gasteiger partial charge is 0.132 e. The second-order valence-corrected chi connectivity index (χ2v) is 5.53. The van der Waals surface area contributed by atoms with E-state index in [1.165, 1.54) is 29.7 Å². The maximum absolute atomic E-state index is 4.58. The van der Waals surface area contributed by atoms with E-state index < -0.39 is 0 Å². The molecule has 1 aromatic heterocycles. The Balaban J connectivity index is 1.71. The van der Waals surface area contributed by atoms with Crippen molar-refractivity contribution in [3.63, 3.8) is 0 Å². The van der Waals surface area contributed by atoms with Crippen LogP contribution in [-0.2, 0) is 6.54 Å². The number of para-hydroxylation sites is 1. The molecule has 3 heteroatoms. The zero-order valence-corrected chi connectivity index (χ0v) is 12.1. The lowest BCUT2D eigenvalue weighted by molar-refractivity contribution is 0.686. The van der Waals surface area contributed by atoms with Crippen LogP contribution < -0.4 is 10.2 Å². The van der Waals surface area contributed by atoms with E-state index in [9.17, 15) is 0 Å². The van der Waals surface area contributed by atoms with Crippen molar-refractivity contribution < 1.29 is 0 Å². The Labute approximate surface area is 120 Å². The number of nitrogens with one attached hydrogen (secondary N) is 1.